The molecular weight excluding hydrogens is 188 g/mol. The Morgan fingerprint density at radius 2 is 2.54 bits per heavy atom. The van der Waals surface area contributed by atoms with Crippen LogP contribution < -0.4 is 5.43 Å². The molecule has 0 saturated heterocycles. The van der Waals surface area contributed by atoms with E-state index in [1.807, 2.05) is 0 Å². The molecule has 0 spiro atoms. The Labute approximate surface area is 81.5 Å². The molecule has 0 saturated carbocycles. The fraction of sp³-hybridized carbons (Fsp3) is 0.714. The molecule has 1 aromatic rings. The minimum Gasteiger partial charge on any atom is -0.390 e. The highest BCUT2D eigenvalue weighted by Gasteiger charge is 2.02. The van der Waals surface area contributed by atoms with Gasteiger partial charge in [-0.05, 0) is 11.0 Å². The monoisotopic (exact) mass is 202 g/mol. The maximum absolute atomic E-state index is 9.43. The molecule has 1 heterocycles. The number of nitrogens with zero attached hydrogens (tertiary/aromatic N) is 3. The zero-order valence-corrected chi connectivity index (χ0v) is 8.37. The van der Waals surface area contributed by atoms with Crippen LogP contribution in [0.3, 0.4) is 0 Å². The Balaban J connectivity index is 2.11. The predicted molar refractivity (Wildman–Crippen MR) is 53.3 cm³/mol. The van der Waals surface area contributed by atoms with Crippen molar-refractivity contribution in [2.45, 2.75) is 13.0 Å². The highest BCUT2D eigenvalue weighted by molar-refractivity contribution is 7.99. The van der Waals surface area contributed by atoms with E-state index >= 15 is 0 Å². The summed E-state index contributed by atoms with van der Waals surface area (Å²) >= 11 is 1.72. The summed E-state index contributed by atoms with van der Waals surface area (Å²) in [5, 5.41) is 16.8. The molecule has 13 heavy (non-hydrogen) atoms. The van der Waals surface area contributed by atoms with Gasteiger partial charge in [0.25, 0.3) is 0 Å². The maximum Gasteiger partial charge on any atom is 0.0819 e. The molecule has 0 aliphatic carbocycles. The summed E-state index contributed by atoms with van der Waals surface area (Å²) in [6.45, 7) is 2.57. The van der Waals surface area contributed by atoms with Crippen LogP contribution in [-0.2, 0) is 0 Å². The first-order chi connectivity index (χ1) is 6.33. The zero-order valence-electron chi connectivity index (χ0n) is 7.55. The molecule has 0 aromatic carbocycles. The molecule has 0 aliphatic heterocycles. The largest absolute Gasteiger partial charge is 0.390 e. The molecule has 1 atom stereocenters. The van der Waals surface area contributed by atoms with E-state index in [-0.39, 0.29) is 6.10 Å². The molecule has 1 unspecified atom stereocenters. The zero-order chi connectivity index (χ0) is 9.52. The van der Waals surface area contributed by atoms with Gasteiger partial charge in [-0.3, -0.25) is 0 Å². The normalized spacial score (nSPS) is 12.8. The van der Waals surface area contributed by atoms with E-state index in [9.17, 15) is 5.11 Å². The number of thioether (sulfide) groups is 1. The van der Waals surface area contributed by atoms with E-state index in [0.717, 1.165) is 11.5 Å². The average Bonchev–Trinajstić information content (AvgIpc) is 2.64. The summed E-state index contributed by atoms with van der Waals surface area (Å²) in [5.74, 6) is 1.78. The molecule has 0 radical (unpaired) electrons. The SMILES string of the molecule is CCSCC(O)CNn1ccnn1. The summed E-state index contributed by atoms with van der Waals surface area (Å²) in [7, 11) is 0. The van der Waals surface area contributed by atoms with Crippen molar-refractivity contribution in [2.24, 2.45) is 0 Å². The second-order valence-electron chi connectivity index (χ2n) is 2.52. The van der Waals surface area contributed by atoms with Gasteiger partial charge in [0.15, 0.2) is 0 Å². The Kier molecular flexibility index (Phi) is 4.63. The quantitative estimate of drug-likeness (QED) is 0.676. The topological polar surface area (TPSA) is 63.0 Å². The lowest BCUT2D eigenvalue weighted by Crippen LogP contribution is -2.28. The average molecular weight is 202 g/mol. The summed E-state index contributed by atoms with van der Waals surface area (Å²) in [5.41, 5.74) is 2.91. The molecule has 1 rings (SSSR count). The van der Waals surface area contributed by atoms with Crippen LogP contribution in [0.2, 0.25) is 0 Å². The summed E-state index contributed by atoms with van der Waals surface area (Å²) in [4.78, 5) is 1.49. The summed E-state index contributed by atoms with van der Waals surface area (Å²) in [6, 6.07) is 0. The van der Waals surface area contributed by atoms with Crippen molar-refractivity contribution in [3.05, 3.63) is 12.4 Å². The van der Waals surface area contributed by atoms with E-state index in [2.05, 4.69) is 22.7 Å². The molecular formula is C7H14N4OS. The van der Waals surface area contributed by atoms with Gasteiger partial charge in [0.2, 0.25) is 0 Å². The van der Waals surface area contributed by atoms with Gasteiger partial charge in [-0.15, -0.1) is 5.10 Å². The summed E-state index contributed by atoms with van der Waals surface area (Å²) in [6.07, 6.45) is 2.94. The van der Waals surface area contributed by atoms with Crippen molar-refractivity contribution in [1.82, 2.24) is 15.1 Å². The number of aromatic nitrogens is 3. The third-order valence-corrected chi connectivity index (χ3v) is 2.45. The van der Waals surface area contributed by atoms with Gasteiger partial charge in [-0.25, -0.2) is 0 Å². The van der Waals surface area contributed by atoms with Crippen molar-refractivity contribution in [3.8, 4) is 0 Å². The molecule has 74 valence electrons. The molecule has 6 heteroatoms. The molecule has 2 N–H and O–H groups in total. The van der Waals surface area contributed by atoms with Crippen LogP contribution in [-0.4, -0.2) is 44.4 Å². The van der Waals surface area contributed by atoms with E-state index < -0.39 is 0 Å². The lowest BCUT2D eigenvalue weighted by atomic mass is 10.4. The fourth-order valence-electron chi connectivity index (χ4n) is 0.804. The van der Waals surface area contributed by atoms with Gasteiger partial charge >= 0.3 is 0 Å². The molecule has 0 aliphatic rings. The van der Waals surface area contributed by atoms with E-state index in [1.54, 1.807) is 24.2 Å². The fourth-order valence-corrected chi connectivity index (χ4v) is 1.43. The Bertz CT molecular complexity index is 216. The number of hydrogen-bond acceptors (Lipinski definition) is 5. The van der Waals surface area contributed by atoms with E-state index in [4.69, 9.17) is 0 Å². The van der Waals surface area contributed by atoms with Crippen LogP contribution in [0.1, 0.15) is 6.92 Å². The Morgan fingerprint density at radius 3 is 3.15 bits per heavy atom. The number of hydrogen-bond donors (Lipinski definition) is 2. The first-order valence-corrected chi connectivity index (χ1v) is 5.34. The van der Waals surface area contributed by atoms with Crippen molar-refractivity contribution < 1.29 is 5.11 Å². The minimum atomic E-state index is -0.339. The molecule has 1 aromatic heterocycles. The number of aliphatic hydroxyl groups is 1. The van der Waals surface area contributed by atoms with Gasteiger partial charge in [-0.2, -0.15) is 16.6 Å². The van der Waals surface area contributed by atoms with E-state index in [0.29, 0.717) is 6.54 Å². The highest BCUT2D eigenvalue weighted by atomic mass is 32.2. The van der Waals surface area contributed by atoms with Crippen LogP contribution in [0.25, 0.3) is 0 Å². The maximum atomic E-state index is 9.43. The second kappa shape index (κ2) is 5.82. The van der Waals surface area contributed by atoms with Gasteiger partial charge in [-0.1, -0.05) is 6.92 Å². The summed E-state index contributed by atoms with van der Waals surface area (Å²) < 4.78 is 0. The van der Waals surface area contributed by atoms with Crippen molar-refractivity contribution in [3.63, 3.8) is 0 Å². The standard InChI is InChI=1S/C7H14N4OS/c1-2-13-6-7(12)5-9-11-4-3-8-10-11/h3-4,7,9,12H,2,5-6H2,1H3. The molecule has 0 amide bonds. The number of aliphatic hydroxyl groups excluding tert-OH is 1. The molecule has 0 fully saturated rings. The van der Waals surface area contributed by atoms with Crippen LogP contribution in [0, 0.1) is 0 Å². The Morgan fingerprint density at radius 1 is 1.69 bits per heavy atom. The van der Waals surface area contributed by atoms with Gasteiger partial charge in [0.05, 0.1) is 25.0 Å². The minimum absolute atomic E-state index is 0.339. The van der Waals surface area contributed by atoms with Crippen molar-refractivity contribution >= 4 is 11.8 Å². The predicted octanol–water partition coefficient (Wildman–Crippen LogP) is -0.0644. The third-order valence-electron chi connectivity index (χ3n) is 1.43. The van der Waals surface area contributed by atoms with Crippen molar-refractivity contribution in [1.29, 1.82) is 0 Å². The number of nitrogens with one attached hydrogen (secondary N) is 1. The van der Waals surface area contributed by atoms with Gasteiger partial charge in [0.1, 0.15) is 0 Å². The molecule has 0 bridgehead atoms. The molecule has 5 nitrogen and oxygen atoms in total. The lowest BCUT2D eigenvalue weighted by molar-refractivity contribution is 0.208. The van der Waals surface area contributed by atoms with Gasteiger partial charge in [0, 0.05) is 5.75 Å². The highest BCUT2D eigenvalue weighted by Crippen LogP contribution is 2.00. The van der Waals surface area contributed by atoms with Crippen molar-refractivity contribution in [2.75, 3.05) is 23.5 Å². The van der Waals surface area contributed by atoms with Crippen LogP contribution in [0.15, 0.2) is 12.4 Å². The van der Waals surface area contributed by atoms with Crippen LogP contribution in [0.4, 0.5) is 0 Å². The van der Waals surface area contributed by atoms with Gasteiger partial charge < -0.3 is 10.5 Å². The Hall–Kier alpha value is -0.750. The van der Waals surface area contributed by atoms with E-state index in [1.165, 1.54) is 4.79 Å². The van der Waals surface area contributed by atoms with Crippen LogP contribution in [0.5, 0.6) is 0 Å². The lowest BCUT2D eigenvalue weighted by Gasteiger charge is -2.10. The second-order valence-corrected chi connectivity index (χ2v) is 3.84. The van der Waals surface area contributed by atoms with Crippen LogP contribution >= 0.6 is 11.8 Å². The third kappa shape index (κ3) is 4.14. The smallest absolute Gasteiger partial charge is 0.0819 e. The first kappa shape index (κ1) is 10.3. The first-order valence-electron chi connectivity index (χ1n) is 4.19. The number of rotatable bonds is 6.